The van der Waals surface area contributed by atoms with Gasteiger partial charge in [-0.15, -0.1) is 0 Å². The molecule has 1 unspecified atom stereocenters. The number of methoxy groups -OCH3 is 1. The summed E-state index contributed by atoms with van der Waals surface area (Å²) in [4.78, 5) is 39.0. The van der Waals surface area contributed by atoms with Gasteiger partial charge in [-0.1, -0.05) is 13.5 Å². The van der Waals surface area contributed by atoms with E-state index in [9.17, 15) is 14.4 Å². The van der Waals surface area contributed by atoms with Crippen molar-refractivity contribution in [3.63, 3.8) is 0 Å². The molecular formula is C23H24O6. The van der Waals surface area contributed by atoms with Crippen molar-refractivity contribution in [2.75, 3.05) is 7.11 Å². The molecule has 1 aromatic heterocycles. The molecule has 1 aromatic rings. The van der Waals surface area contributed by atoms with Gasteiger partial charge in [0.1, 0.15) is 23.7 Å². The Morgan fingerprint density at radius 1 is 1.28 bits per heavy atom. The van der Waals surface area contributed by atoms with Crippen LogP contribution in [0.15, 0.2) is 34.2 Å². The average molecular weight is 396 g/mol. The summed E-state index contributed by atoms with van der Waals surface area (Å²) in [6, 6.07) is 0. The van der Waals surface area contributed by atoms with E-state index in [1.165, 1.54) is 6.26 Å². The van der Waals surface area contributed by atoms with Gasteiger partial charge in [-0.2, -0.15) is 0 Å². The number of ether oxygens (including phenoxy) is 2. The number of furan rings is 1. The van der Waals surface area contributed by atoms with E-state index in [0.29, 0.717) is 41.7 Å². The smallest absolute Gasteiger partial charge is 0.342 e. The van der Waals surface area contributed by atoms with E-state index in [2.05, 4.69) is 6.58 Å². The number of hydrogen-bond donors (Lipinski definition) is 0. The largest absolute Gasteiger partial charge is 0.501 e. The van der Waals surface area contributed by atoms with Crippen LogP contribution in [0.1, 0.15) is 66.5 Å². The average Bonchev–Trinajstić information content (AvgIpc) is 3.26. The minimum Gasteiger partial charge on any atom is -0.501 e. The highest BCUT2D eigenvalue weighted by atomic mass is 16.5. The standard InChI is InChI=1S/C23H24O6/c1-10(27-5)12-8-22(3)14(6-7-15(22)24)16-17(12)23(4)11(2)29-21(26)13-9-28-20(18(13)23)19(16)25/h9,11-12,14H,1,6-8H2,2-5H3/t11-,12+,14?,22+,23-/m1/s1. The molecule has 0 N–H and O–H groups in total. The molecule has 29 heavy (non-hydrogen) atoms. The van der Waals surface area contributed by atoms with E-state index in [4.69, 9.17) is 13.9 Å². The summed E-state index contributed by atoms with van der Waals surface area (Å²) >= 11 is 0. The topological polar surface area (TPSA) is 82.8 Å². The Hall–Kier alpha value is -2.63. The number of esters is 1. The van der Waals surface area contributed by atoms with Gasteiger partial charge in [0.2, 0.25) is 5.78 Å². The van der Waals surface area contributed by atoms with Gasteiger partial charge >= 0.3 is 5.97 Å². The molecule has 6 nitrogen and oxygen atoms in total. The fourth-order valence-corrected chi connectivity index (χ4v) is 6.25. The first-order valence-electron chi connectivity index (χ1n) is 10.0. The highest BCUT2D eigenvalue weighted by Gasteiger charge is 2.63. The zero-order chi connectivity index (χ0) is 20.9. The molecule has 1 fully saturated rings. The number of carbonyl (C=O) groups excluding carboxylic acids is 3. The molecule has 6 heteroatoms. The van der Waals surface area contributed by atoms with Crippen molar-refractivity contribution in [3.05, 3.63) is 46.6 Å². The van der Waals surface area contributed by atoms with Crippen molar-refractivity contribution >= 4 is 17.5 Å². The second-order valence-electron chi connectivity index (χ2n) is 9.12. The molecule has 2 heterocycles. The van der Waals surface area contributed by atoms with E-state index < -0.39 is 22.9 Å². The second kappa shape index (κ2) is 5.49. The quantitative estimate of drug-likeness (QED) is 0.559. The van der Waals surface area contributed by atoms with Gasteiger partial charge < -0.3 is 13.9 Å². The first-order valence-corrected chi connectivity index (χ1v) is 10.0. The van der Waals surface area contributed by atoms with E-state index in [-0.39, 0.29) is 29.2 Å². The fraction of sp³-hybridized carbons (Fsp3) is 0.522. The minimum absolute atomic E-state index is 0.176. The van der Waals surface area contributed by atoms with Gasteiger partial charge in [-0.05, 0) is 32.3 Å². The van der Waals surface area contributed by atoms with Crippen molar-refractivity contribution in [1.82, 2.24) is 0 Å². The Balaban J connectivity index is 1.86. The summed E-state index contributed by atoms with van der Waals surface area (Å²) in [6.07, 6.45) is 2.46. The van der Waals surface area contributed by atoms with Gasteiger partial charge in [0.15, 0.2) is 5.76 Å². The van der Waals surface area contributed by atoms with Crippen molar-refractivity contribution in [3.8, 4) is 0 Å². The van der Waals surface area contributed by atoms with Gasteiger partial charge in [-0.3, -0.25) is 9.59 Å². The number of cyclic esters (lactones) is 1. The molecule has 152 valence electrons. The molecular weight excluding hydrogens is 372 g/mol. The van der Waals surface area contributed by atoms with Crippen LogP contribution in [0.4, 0.5) is 0 Å². The summed E-state index contributed by atoms with van der Waals surface area (Å²) in [5.74, 6) is -0.298. The Bertz CT molecular complexity index is 1040. The highest BCUT2D eigenvalue weighted by Crippen LogP contribution is 2.63. The van der Waals surface area contributed by atoms with Crippen LogP contribution < -0.4 is 0 Å². The lowest BCUT2D eigenvalue weighted by Gasteiger charge is -2.52. The summed E-state index contributed by atoms with van der Waals surface area (Å²) in [6.45, 7) is 9.90. The third kappa shape index (κ3) is 1.95. The predicted molar refractivity (Wildman–Crippen MR) is 102 cm³/mol. The molecule has 0 bridgehead atoms. The predicted octanol–water partition coefficient (Wildman–Crippen LogP) is 3.75. The number of carbonyl (C=O) groups is 3. The number of ketones is 2. The lowest BCUT2D eigenvalue weighted by Crippen LogP contribution is -2.53. The summed E-state index contributed by atoms with van der Waals surface area (Å²) < 4.78 is 16.9. The number of fused-ring (bicyclic) bond motifs is 3. The van der Waals surface area contributed by atoms with Crippen LogP contribution in [0.2, 0.25) is 0 Å². The number of rotatable bonds is 2. The van der Waals surface area contributed by atoms with Crippen LogP contribution in [0.3, 0.4) is 0 Å². The number of Topliss-reactive ketones (excluding diaryl/α,β-unsaturated/α-hetero) is 2. The fourth-order valence-electron chi connectivity index (χ4n) is 6.25. The normalized spacial score (nSPS) is 37.7. The van der Waals surface area contributed by atoms with Crippen LogP contribution in [-0.4, -0.2) is 30.7 Å². The van der Waals surface area contributed by atoms with Crippen molar-refractivity contribution in [2.24, 2.45) is 17.3 Å². The molecule has 0 saturated heterocycles. The molecule has 4 aliphatic rings. The van der Waals surface area contributed by atoms with Crippen molar-refractivity contribution < 1.29 is 28.3 Å². The Kier molecular flexibility index (Phi) is 3.49. The molecule has 0 radical (unpaired) electrons. The maximum absolute atomic E-state index is 13.7. The SMILES string of the molecule is C=C(OC)[C@@H]1C[C@]2(C)C(=O)CCC2C2=C1[C@]1(C)c3c(coc3C2=O)C(=O)O[C@@H]1C. The van der Waals surface area contributed by atoms with Crippen LogP contribution in [-0.2, 0) is 19.7 Å². The van der Waals surface area contributed by atoms with Crippen LogP contribution in [0.5, 0.6) is 0 Å². The molecule has 1 aliphatic heterocycles. The Morgan fingerprint density at radius 2 is 2.00 bits per heavy atom. The Labute approximate surface area is 168 Å². The van der Waals surface area contributed by atoms with Crippen molar-refractivity contribution in [2.45, 2.75) is 51.6 Å². The molecule has 1 saturated carbocycles. The molecule has 0 amide bonds. The van der Waals surface area contributed by atoms with E-state index in [0.717, 1.165) is 5.57 Å². The van der Waals surface area contributed by atoms with Gasteiger partial charge in [0.05, 0.1) is 18.3 Å². The van der Waals surface area contributed by atoms with Gasteiger partial charge in [0.25, 0.3) is 0 Å². The summed E-state index contributed by atoms with van der Waals surface area (Å²) in [5, 5.41) is 0. The van der Waals surface area contributed by atoms with Gasteiger partial charge in [0, 0.05) is 34.8 Å². The van der Waals surface area contributed by atoms with Crippen LogP contribution in [0.25, 0.3) is 0 Å². The van der Waals surface area contributed by atoms with Crippen LogP contribution in [0, 0.1) is 17.3 Å². The first-order chi connectivity index (χ1) is 13.7. The minimum atomic E-state index is -0.742. The Morgan fingerprint density at radius 3 is 2.69 bits per heavy atom. The van der Waals surface area contributed by atoms with E-state index in [1.54, 1.807) is 7.11 Å². The molecule has 3 aliphatic carbocycles. The number of hydrogen-bond acceptors (Lipinski definition) is 6. The lowest BCUT2D eigenvalue weighted by atomic mass is 9.52. The third-order valence-corrected chi connectivity index (χ3v) is 7.97. The zero-order valence-corrected chi connectivity index (χ0v) is 17.1. The van der Waals surface area contributed by atoms with Gasteiger partial charge in [-0.25, -0.2) is 4.79 Å². The molecule has 5 rings (SSSR count). The highest BCUT2D eigenvalue weighted by molar-refractivity contribution is 6.14. The molecule has 0 spiro atoms. The maximum atomic E-state index is 13.7. The maximum Gasteiger partial charge on any atom is 0.342 e. The summed E-state index contributed by atoms with van der Waals surface area (Å²) in [7, 11) is 1.56. The molecule has 5 atom stereocenters. The first kappa shape index (κ1) is 18.4. The van der Waals surface area contributed by atoms with E-state index >= 15 is 0 Å². The van der Waals surface area contributed by atoms with Crippen LogP contribution >= 0.6 is 0 Å². The number of allylic oxidation sites excluding steroid dienone is 2. The lowest BCUT2D eigenvalue weighted by molar-refractivity contribution is -0.127. The third-order valence-electron chi connectivity index (χ3n) is 7.97. The molecule has 0 aromatic carbocycles. The summed E-state index contributed by atoms with van der Waals surface area (Å²) in [5.41, 5.74) is 1.03. The van der Waals surface area contributed by atoms with Crippen molar-refractivity contribution in [1.29, 1.82) is 0 Å². The zero-order valence-electron chi connectivity index (χ0n) is 17.1. The van der Waals surface area contributed by atoms with E-state index in [1.807, 2.05) is 20.8 Å². The second-order valence-corrected chi connectivity index (χ2v) is 9.12. The monoisotopic (exact) mass is 396 g/mol.